The topological polar surface area (TPSA) is 40.5 Å². The minimum Gasteiger partial charge on any atom is -0.294 e. The van der Waals surface area contributed by atoms with Crippen LogP contribution in [-0.4, -0.2) is 25.5 Å². The SMILES string of the molecule is O=S(O)N(CCCl)Cc1cccc2ccccc12. The molecule has 0 amide bonds. The molecule has 2 aromatic rings. The van der Waals surface area contributed by atoms with E-state index in [1.165, 1.54) is 4.31 Å². The van der Waals surface area contributed by atoms with Crippen LogP contribution in [-0.2, 0) is 17.8 Å². The molecule has 0 spiro atoms. The highest BCUT2D eigenvalue weighted by Crippen LogP contribution is 2.20. The van der Waals surface area contributed by atoms with Crippen molar-refractivity contribution in [3.63, 3.8) is 0 Å². The zero-order chi connectivity index (χ0) is 13.0. The summed E-state index contributed by atoms with van der Waals surface area (Å²) >= 11 is 3.64. The molecule has 1 N–H and O–H groups in total. The largest absolute Gasteiger partial charge is 0.294 e. The molecule has 0 saturated carbocycles. The molecule has 2 aromatic carbocycles. The van der Waals surface area contributed by atoms with E-state index in [9.17, 15) is 8.76 Å². The number of rotatable bonds is 5. The number of hydrogen-bond acceptors (Lipinski definition) is 1. The van der Waals surface area contributed by atoms with Crippen molar-refractivity contribution < 1.29 is 8.76 Å². The third kappa shape index (κ3) is 3.09. The summed E-state index contributed by atoms with van der Waals surface area (Å²) in [5.41, 5.74) is 1.03. The van der Waals surface area contributed by atoms with E-state index in [4.69, 9.17) is 11.6 Å². The lowest BCUT2D eigenvalue weighted by atomic mass is 10.0. The van der Waals surface area contributed by atoms with Gasteiger partial charge in [0.1, 0.15) is 0 Å². The summed E-state index contributed by atoms with van der Waals surface area (Å²) in [6.45, 7) is 0.797. The summed E-state index contributed by atoms with van der Waals surface area (Å²) in [6, 6.07) is 13.9. The molecule has 96 valence electrons. The van der Waals surface area contributed by atoms with Crippen LogP contribution in [0.5, 0.6) is 0 Å². The minimum atomic E-state index is -2.00. The van der Waals surface area contributed by atoms with Crippen LogP contribution in [0.25, 0.3) is 10.8 Å². The van der Waals surface area contributed by atoms with E-state index in [-0.39, 0.29) is 0 Å². The molecule has 1 unspecified atom stereocenters. The second-order valence-electron chi connectivity index (χ2n) is 3.92. The Morgan fingerprint density at radius 2 is 1.89 bits per heavy atom. The summed E-state index contributed by atoms with van der Waals surface area (Å²) in [7, 11) is 0. The second kappa shape index (κ2) is 6.29. The van der Waals surface area contributed by atoms with Gasteiger partial charge < -0.3 is 0 Å². The minimum absolute atomic E-state index is 0.330. The van der Waals surface area contributed by atoms with Crippen molar-refractivity contribution in [3.05, 3.63) is 48.0 Å². The smallest absolute Gasteiger partial charge is 0.234 e. The van der Waals surface area contributed by atoms with Gasteiger partial charge in [0.2, 0.25) is 11.3 Å². The second-order valence-corrected chi connectivity index (χ2v) is 5.28. The van der Waals surface area contributed by atoms with Gasteiger partial charge in [-0.2, -0.15) is 4.31 Å². The molecular formula is C13H14ClNO2S. The summed E-state index contributed by atoms with van der Waals surface area (Å²) in [5, 5.41) is 2.23. The Bertz CT molecular complexity index is 556. The van der Waals surface area contributed by atoms with Gasteiger partial charge >= 0.3 is 0 Å². The van der Waals surface area contributed by atoms with Gasteiger partial charge in [-0.15, -0.1) is 11.6 Å². The van der Waals surface area contributed by atoms with Crippen LogP contribution in [0.2, 0.25) is 0 Å². The molecule has 0 aliphatic rings. The van der Waals surface area contributed by atoms with Gasteiger partial charge in [0.15, 0.2) is 0 Å². The predicted octanol–water partition coefficient (Wildman–Crippen LogP) is 3.02. The highest BCUT2D eigenvalue weighted by Gasteiger charge is 2.12. The summed E-state index contributed by atoms with van der Waals surface area (Å²) in [4.78, 5) is 0. The first-order chi connectivity index (χ1) is 8.72. The average molecular weight is 284 g/mol. The van der Waals surface area contributed by atoms with Crippen molar-refractivity contribution in [3.8, 4) is 0 Å². The van der Waals surface area contributed by atoms with E-state index in [0.29, 0.717) is 19.0 Å². The van der Waals surface area contributed by atoms with Crippen molar-refractivity contribution in [1.29, 1.82) is 0 Å². The fourth-order valence-electron chi connectivity index (χ4n) is 1.93. The van der Waals surface area contributed by atoms with Crippen LogP contribution in [0.4, 0.5) is 0 Å². The lowest BCUT2D eigenvalue weighted by molar-refractivity contribution is 0.409. The molecular weight excluding hydrogens is 270 g/mol. The summed E-state index contributed by atoms with van der Waals surface area (Å²) < 4.78 is 21.9. The highest BCUT2D eigenvalue weighted by molar-refractivity contribution is 7.76. The van der Waals surface area contributed by atoms with Gasteiger partial charge in [0, 0.05) is 19.0 Å². The van der Waals surface area contributed by atoms with Crippen molar-refractivity contribution in [1.82, 2.24) is 4.31 Å². The molecule has 0 aliphatic carbocycles. The quantitative estimate of drug-likeness (QED) is 0.677. The monoisotopic (exact) mass is 283 g/mol. The zero-order valence-corrected chi connectivity index (χ0v) is 11.3. The zero-order valence-electron chi connectivity index (χ0n) is 9.75. The number of alkyl halides is 1. The van der Waals surface area contributed by atoms with Crippen LogP contribution < -0.4 is 0 Å². The van der Waals surface area contributed by atoms with E-state index in [2.05, 4.69) is 0 Å². The van der Waals surface area contributed by atoms with Gasteiger partial charge in [0.05, 0.1) is 0 Å². The maximum atomic E-state index is 11.2. The van der Waals surface area contributed by atoms with E-state index >= 15 is 0 Å². The molecule has 0 radical (unpaired) electrons. The fourth-order valence-corrected chi connectivity index (χ4v) is 2.73. The maximum Gasteiger partial charge on any atom is 0.234 e. The lowest BCUT2D eigenvalue weighted by Gasteiger charge is -2.17. The Morgan fingerprint density at radius 3 is 2.61 bits per heavy atom. The molecule has 2 rings (SSSR count). The molecule has 18 heavy (non-hydrogen) atoms. The fraction of sp³-hybridized carbons (Fsp3) is 0.231. The van der Waals surface area contributed by atoms with Crippen LogP contribution in [0.15, 0.2) is 42.5 Å². The molecule has 0 heterocycles. The molecule has 0 bridgehead atoms. The third-order valence-electron chi connectivity index (χ3n) is 2.78. The van der Waals surface area contributed by atoms with Gasteiger partial charge in [-0.1, -0.05) is 42.5 Å². The standard InChI is InChI=1S/C13H14ClNO2S/c14-8-9-15(18(16)17)10-12-6-3-5-11-4-1-2-7-13(11)12/h1-7H,8-10H2,(H,16,17). The third-order valence-corrected chi connectivity index (χ3v) is 3.70. The van der Waals surface area contributed by atoms with E-state index in [1.54, 1.807) is 0 Å². The molecule has 0 aromatic heterocycles. The Kier molecular flexibility index (Phi) is 4.72. The summed E-state index contributed by atoms with van der Waals surface area (Å²) in [5.74, 6) is 0.330. The van der Waals surface area contributed by atoms with Gasteiger partial charge in [-0.05, 0) is 16.3 Å². The number of nitrogens with zero attached hydrogens (tertiary/aromatic N) is 1. The molecule has 0 aliphatic heterocycles. The summed E-state index contributed by atoms with van der Waals surface area (Å²) in [6.07, 6.45) is 0. The lowest BCUT2D eigenvalue weighted by Crippen LogP contribution is -2.27. The Balaban J connectivity index is 2.33. The van der Waals surface area contributed by atoms with Gasteiger partial charge in [-0.3, -0.25) is 4.55 Å². The van der Waals surface area contributed by atoms with Crippen molar-refractivity contribution in [2.45, 2.75) is 6.54 Å². The number of benzene rings is 2. The molecule has 3 nitrogen and oxygen atoms in total. The van der Waals surface area contributed by atoms with Crippen LogP contribution in [0.1, 0.15) is 5.56 Å². The van der Waals surface area contributed by atoms with Crippen LogP contribution >= 0.6 is 11.6 Å². The first-order valence-corrected chi connectivity index (χ1v) is 7.20. The Hall–Kier alpha value is -0.940. The molecule has 5 heteroatoms. The van der Waals surface area contributed by atoms with Crippen LogP contribution in [0, 0.1) is 0 Å². The van der Waals surface area contributed by atoms with Crippen LogP contribution in [0.3, 0.4) is 0 Å². The average Bonchev–Trinajstić information content (AvgIpc) is 2.38. The Labute approximate surface area is 114 Å². The maximum absolute atomic E-state index is 11.2. The van der Waals surface area contributed by atoms with Crippen molar-refractivity contribution in [2.75, 3.05) is 12.4 Å². The number of fused-ring (bicyclic) bond motifs is 1. The van der Waals surface area contributed by atoms with Gasteiger partial charge in [0.25, 0.3) is 0 Å². The van der Waals surface area contributed by atoms with Crippen molar-refractivity contribution in [2.24, 2.45) is 0 Å². The molecule has 0 fully saturated rings. The van der Waals surface area contributed by atoms with Crippen molar-refractivity contribution >= 4 is 33.6 Å². The first-order valence-electron chi connectivity index (χ1n) is 5.61. The molecule has 1 atom stereocenters. The Morgan fingerprint density at radius 1 is 1.17 bits per heavy atom. The van der Waals surface area contributed by atoms with E-state index in [1.807, 2.05) is 42.5 Å². The number of hydrogen-bond donors (Lipinski definition) is 1. The first kappa shape index (κ1) is 13.5. The normalized spacial score (nSPS) is 13.1. The highest BCUT2D eigenvalue weighted by atomic mass is 35.5. The number of halogens is 1. The van der Waals surface area contributed by atoms with E-state index < -0.39 is 11.3 Å². The molecule has 0 saturated heterocycles. The predicted molar refractivity (Wildman–Crippen MR) is 75.8 cm³/mol. The van der Waals surface area contributed by atoms with E-state index in [0.717, 1.165) is 16.3 Å². The van der Waals surface area contributed by atoms with Gasteiger partial charge in [-0.25, -0.2) is 4.21 Å².